The second kappa shape index (κ2) is 4.18. The number of nitrogens with zero attached hydrogens (tertiary/aromatic N) is 4. The molecule has 0 aliphatic rings. The van der Waals surface area contributed by atoms with Crippen LogP contribution in [0.3, 0.4) is 0 Å². The lowest BCUT2D eigenvalue weighted by Crippen LogP contribution is -2.01. The summed E-state index contributed by atoms with van der Waals surface area (Å²) in [6, 6.07) is 2.94. The van der Waals surface area contributed by atoms with Gasteiger partial charge in [0.05, 0.1) is 16.1 Å². The lowest BCUT2D eigenvalue weighted by molar-refractivity contribution is -0.385. The first-order valence-electron chi connectivity index (χ1n) is 4.09. The monoisotopic (exact) mass is 302 g/mol. The zero-order chi connectivity index (χ0) is 11.7. The molecule has 0 amide bonds. The lowest BCUT2D eigenvalue weighted by atomic mass is 10.4. The number of nitro groups is 1. The minimum atomic E-state index is -0.555. The number of pyridine rings is 1. The van der Waals surface area contributed by atoms with Crippen LogP contribution in [0.1, 0.15) is 0 Å². The van der Waals surface area contributed by atoms with Gasteiger partial charge in [0.15, 0.2) is 5.82 Å². The predicted molar refractivity (Wildman–Crippen MR) is 60.7 cm³/mol. The van der Waals surface area contributed by atoms with E-state index in [-0.39, 0.29) is 10.7 Å². The van der Waals surface area contributed by atoms with Crippen LogP contribution < -0.4 is 0 Å². The maximum atomic E-state index is 10.5. The number of hydrogen-bond donors (Lipinski definition) is 0. The summed E-state index contributed by atoms with van der Waals surface area (Å²) in [4.78, 5) is 13.8. The van der Waals surface area contributed by atoms with Crippen LogP contribution in [0, 0.1) is 10.1 Å². The molecule has 6 nitrogen and oxygen atoms in total. The highest BCUT2D eigenvalue weighted by Crippen LogP contribution is 2.24. The van der Waals surface area contributed by atoms with Crippen molar-refractivity contribution >= 4 is 33.2 Å². The Labute approximate surface area is 103 Å². The smallest absolute Gasteiger partial charge is 0.258 e. The van der Waals surface area contributed by atoms with Gasteiger partial charge < -0.3 is 0 Å². The standard InChI is InChI=1S/C8H4BrClN4O2/c9-7-1-2-12-13(7)8-6(10)3-5(4-11-8)14(15)16/h1-4H. The molecule has 82 valence electrons. The molecule has 2 heterocycles. The Balaban J connectivity index is 2.52. The average molecular weight is 304 g/mol. The topological polar surface area (TPSA) is 73.8 Å². The first-order chi connectivity index (χ1) is 7.59. The van der Waals surface area contributed by atoms with Gasteiger partial charge in [-0.25, -0.2) is 9.67 Å². The molecule has 0 unspecified atom stereocenters. The largest absolute Gasteiger partial charge is 0.289 e. The second-order valence-corrected chi connectivity index (χ2v) is 4.04. The highest BCUT2D eigenvalue weighted by Gasteiger charge is 2.13. The lowest BCUT2D eigenvalue weighted by Gasteiger charge is -2.03. The molecule has 0 aliphatic heterocycles. The zero-order valence-corrected chi connectivity index (χ0v) is 10.0. The van der Waals surface area contributed by atoms with Crippen molar-refractivity contribution in [3.63, 3.8) is 0 Å². The van der Waals surface area contributed by atoms with Gasteiger partial charge in [0.2, 0.25) is 0 Å². The van der Waals surface area contributed by atoms with E-state index in [9.17, 15) is 10.1 Å². The normalized spacial score (nSPS) is 10.4. The maximum absolute atomic E-state index is 10.5. The Hall–Kier alpha value is -1.47. The zero-order valence-electron chi connectivity index (χ0n) is 7.67. The molecule has 0 saturated carbocycles. The van der Waals surface area contributed by atoms with Crippen LogP contribution >= 0.6 is 27.5 Å². The van der Waals surface area contributed by atoms with Crippen molar-refractivity contribution in [2.75, 3.05) is 0 Å². The highest BCUT2D eigenvalue weighted by molar-refractivity contribution is 9.10. The van der Waals surface area contributed by atoms with Gasteiger partial charge in [-0.15, -0.1) is 0 Å². The third-order valence-electron chi connectivity index (χ3n) is 1.82. The Morgan fingerprint density at radius 1 is 1.56 bits per heavy atom. The summed E-state index contributed by atoms with van der Waals surface area (Å²) in [5.74, 6) is 0.337. The molecule has 2 aromatic heterocycles. The fourth-order valence-corrected chi connectivity index (χ4v) is 1.74. The van der Waals surface area contributed by atoms with E-state index in [1.807, 2.05) is 0 Å². The van der Waals surface area contributed by atoms with Crippen LogP contribution in [0.2, 0.25) is 5.02 Å². The van der Waals surface area contributed by atoms with Crippen molar-refractivity contribution in [3.05, 3.63) is 44.3 Å². The summed E-state index contributed by atoms with van der Waals surface area (Å²) >= 11 is 9.14. The Kier molecular flexibility index (Phi) is 2.88. The molecule has 0 radical (unpaired) electrons. The van der Waals surface area contributed by atoms with Crippen LogP contribution in [-0.4, -0.2) is 19.7 Å². The minimum Gasteiger partial charge on any atom is -0.258 e. The summed E-state index contributed by atoms with van der Waals surface area (Å²) < 4.78 is 2.10. The molecule has 8 heteroatoms. The fourth-order valence-electron chi connectivity index (χ4n) is 1.12. The van der Waals surface area contributed by atoms with E-state index >= 15 is 0 Å². The van der Waals surface area contributed by atoms with Crippen LogP contribution in [0.15, 0.2) is 29.1 Å². The second-order valence-electron chi connectivity index (χ2n) is 2.82. The molecule has 16 heavy (non-hydrogen) atoms. The van der Waals surface area contributed by atoms with Gasteiger partial charge >= 0.3 is 0 Å². The van der Waals surface area contributed by atoms with Crippen molar-refractivity contribution < 1.29 is 4.92 Å². The molecule has 2 aromatic rings. The van der Waals surface area contributed by atoms with Crippen LogP contribution in [0.4, 0.5) is 5.69 Å². The molecule has 0 bridgehead atoms. The third-order valence-corrected chi connectivity index (χ3v) is 2.69. The fraction of sp³-hybridized carbons (Fsp3) is 0. The minimum absolute atomic E-state index is 0.156. The van der Waals surface area contributed by atoms with Crippen molar-refractivity contribution in [2.24, 2.45) is 0 Å². The van der Waals surface area contributed by atoms with Gasteiger partial charge in [0.1, 0.15) is 10.8 Å². The Morgan fingerprint density at radius 2 is 2.31 bits per heavy atom. The number of aromatic nitrogens is 3. The van der Waals surface area contributed by atoms with E-state index in [0.717, 1.165) is 6.20 Å². The molecule has 0 fully saturated rings. The van der Waals surface area contributed by atoms with E-state index in [1.165, 1.54) is 10.7 Å². The van der Waals surface area contributed by atoms with Crippen LogP contribution in [-0.2, 0) is 0 Å². The molecule has 0 atom stereocenters. The molecular weight excluding hydrogens is 299 g/mol. The predicted octanol–water partition coefficient (Wildman–Crippen LogP) is 2.59. The van der Waals surface area contributed by atoms with Crippen molar-refractivity contribution in [2.45, 2.75) is 0 Å². The Bertz CT molecular complexity index is 557. The first-order valence-corrected chi connectivity index (χ1v) is 5.26. The molecule has 0 saturated heterocycles. The van der Waals surface area contributed by atoms with E-state index in [4.69, 9.17) is 11.6 Å². The van der Waals surface area contributed by atoms with Gasteiger partial charge in [-0.05, 0) is 22.0 Å². The Morgan fingerprint density at radius 3 is 2.81 bits per heavy atom. The molecule has 0 N–H and O–H groups in total. The molecular formula is C8H4BrClN4O2. The van der Waals surface area contributed by atoms with E-state index in [1.54, 1.807) is 12.3 Å². The van der Waals surface area contributed by atoms with Crippen molar-refractivity contribution in [1.82, 2.24) is 14.8 Å². The van der Waals surface area contributed by atoms with Gasteiger partial charge in [-0.2, -0.15) is 5.10 Å². The highest BCUT2D eigenvalue weighted by atomic mass is 79.9. The van der Waals surface area contributed by atoms with Crippen molar-refractivity contribution in [3.8, 4) is 5.82 Å². The first kappa shape index (κ1) is 11.0. The van der Waals surface area contributed by atoms with E-state index in [0.29, 0.717) is 10.4 Å². The summed E-state index contributed by atoms with van der Waals surface area (Å²) in [5, 5.41) is 14.6. The molecule has 0 aliphatic carbocycles. The summed E-state index contributed by atoms with van der Waals surface area (Å²) in [6.07, 6.45) is 2.69. The third kappa shape index (κ3) is 1.91. The van der Waals surface area contributed by atoms with Gasteiger partial charge in [-0.3, -0.25) is 10.1 Å². The van der Waals surface area contributed by atoms with Crippen LogP contribution in [0.5, 0.6) is 0 Å². The average Bonchev–Trinajstić information content (AvgIpc) is 2.64. The number of halogens is 2. The molecule has 2 rings (SSSR count). The SMILES string of the molecule is O=[N+]([O-])c1cnc(-n2nccc2Br)c(Cl)c1. The quantitative estimate of drug-likeness (QED) is 0.631. The van der Waals surface area contributed by atoms with Crippen molar-refractivity contribution in [1.29, 1.82) is 0 Å². The summed E-state index contributed by atoms with van der Waals surface area (Å²) in [6.45, 7) is 0. The van der Waals surface area contributed by atoms with E-state index in [2.05, 4.69) is 26.0 Å². The van der Waals surface area contributed by atoms with Crippen LogP contribution in [0.25, 0.3) is 5.82 Å². The number of hydrogen-bond acceptors (Lipinski definition) is 4. The number of rotatable bonds is 2. The van der Waals surface area contributed by atoms with Gasteiger partial charge in [0, 0.05) is 6.07 Å². The maximum Gasteiger partial charge on any atom is 0.289 e. The summed E-state index contributed by atoms with van der Waals surface area (Å²) in [7, 11) is 0. The van der Waals surface area contributed by atoms with Gasteiger partial charge in [-0.1, -0.05) is 11.6 Å². The molecule has 0 spiro atoms. The molecule has 0 aromatic carbocycles. The summed E-state index contributed by atoms with van der Waals surface area (Å²) in [5.41, 5.74) is -0.156. The van der Waals surface area contributed by atoms with E-state index < -0.39 is 4.92 Å². The van der Waals surface area contributed by atoms with Gasteiger partial charge in [0.25, 0.3) is 5.69 Å².